The molecule has 1 aromatic carbocycles. The van der Waals surface area contributed by atoms with E-state index in [1.807, 2.05) is 25.1 Å². The molecular weight excluding hydrogens is 310 g/mol. The average molecular weight is 321 g/mol. The van der Waals surface area contributed by atoms with Crippen molar-refractivity contribution in [2.24, 2.45) is 0 Å². The van der Waals surface area contributed by atoms with Crippen molar-refractivity contribution < 1.29 is 4.79 Å². The Morgan fingerprint density at radius 2 is 2.21 bits per heavy atom. The molecule has 0 aromatic heterocycles. The van der Waals surface area contributed by atoms with Crippen LogP contribution >= 0.6 is 31.9 Å². The number of alkyl halides is 1. The fourth-order valence-electron chi connectivity index (χ4n) is 0.980. The van der Waals surface area contributed by atoms with Crippen LogP contribution in [0.4, 0.5) is 5.69 Å². The lowest BCUT2D eigenvalue weighted by molar-refractivity contribution is -0.115. The number of aryl methyl sites for hydroxylation is 1. The van der Waals surface area contributed by atoms with Crippen LogP contribution in [0.3, 0.4) is 0 Å². The van der Waals surface area contributed by atoms with E-state index in [0.29, 0.717) is 11.8 Å². The molecule has 1 rings (SSSR count). The smallest absolute Gasteiger partial charge is 0.225 e. The van der Waals surface area contributed by atoms with Crippen LogP contribution in [0.1, 0.15) is 12.0 Å². The second kappa shape index (κ2) is 5.51. The molecule has 0 saturated carbocycles. The zero-order valence-electron chi connectivity index (χ0n) is 7.81. The van der Waals surface area contributed by atoms with Crippen molar-refractivity contribution in [2.75, 3.05) is 10.6 Å². The monoisotopic (exact) mass is 319 g/mol. The Morgan fingerprint density at radius 1 is 1.50 bits per heavy atom. The molecule has 1 amide bonds. The number of benzene rings is 1. The summed E-state index contributed by atoms with van der Waals surface area (Å²) in [5.41, 5.74) is 1.98. The average Bonchev–Trinajstić information content (AvgIpc) is 2.12. The SMILES string of the molecule is Cc1ccc(NC(=O)CCBr)cc1Br. The van der Waals surface area contributed by atoms with E-state index in [0.717, 1.165) is 15.7 Å². The van der Waals surface area contributed by atoms with Crippen LogP contribution in [-0.2, 0) is 4.79 Å². The second-order valence-electron chi connectivity index (χ2n) is 2.95. The molecule has 4 heteroatoms. The van der Waals surface area contributed by atoms with Gasteiger partial charge in [0.05, 0.1) is 0 Å². The minimum absolute atomic E-state index is 0.0256. The van der Waals surface area contributed by atoms with E-state index in [9.17, 15) is 4.79 Å². The number of rotatable bonds is 3. The van der Waals surface area contributed by atoms with Crippen molar-refractivity contribution in [1.29, 1.82) is 0 Å². The maximum atomic E-state index is 11.3. The highest BCUT2D eigenvalue weighted by atomic mass is 79.9. The lowest BCUT2D eigenvalue weighted by Crippen LogP contribution is -2.11. The molecule has 76 valence electrons. The summed E-state index contributed by atoms with van der Waals surface area (Å²) < 4.78 is 1.01. The van der Waals surface area contributed by atoms with E-state index in [-0.39, 0.29) is 5.91 Å². The van der Waals surface area contributed by atoms with Crippen LogP contribution < -0.4 is 5.32 Å². The summed E-state index contributed by atoms with van der Waals surface area (Å²) >= 11 is 6.63. The molecule has 0 unspecified atom stereocenters. The van der Waals surface area contributed by atoms with E-state index in [2.05, 4.69) is 37.2 Å². The third kappa shape index (κ3) is 3.42. The maximum Gasteiger partial charge on any atom is 0.225 e. The maximum absolute atomic E-state index is 11.3. The van der Waals surface area contributed by atoms with E-state index < -0.39 is 0 Å². The molecule has 0 spiro atoms. The number of amides is 1. The number of carbonyl (C=O) groups excluding carboxylic acids is 1. The summed E-state index contributed by atoms with van der Waals surface area (Å²) in [5, 5.41) is 3.50. The van der Waals surface area contributed by atoms with Gasteiger partial charge in [-0.25, -0.2) is 0 Å². The lowest BCUT2D eigenvalue weighted by atomic mass is 10.2. The third-order valence-corrected chi connectivity index (χ3v) is 3.03. The molecule has 2 nitrogen and oxygen atoms in total. The number of anilines is 1. The molecule has 0 bridgehead atoms. The first-order valence-electron chi connectivity index (χ1n) is 4.25. The largest absolute Gasteiger partial charge is 0.326 e. The van der Waals surface area contributed by atoms with E-state index in [1.165, 1.54) is 0 Å². The zero-order valence-corrected chi connectivity index (χ0v) is 11.0. The first kappa shape index (κ1) is 11.7. The van der Waals surface area contributed by atoms with Gasteiger partial charge in [0.1, 0.15) is 0 Å². The molecule has 14 heavy (non-hydrogen) atoms. The van der Waals surface area contributed by atoms with Crippen LogP contribution in [0.15, 0.2) is 22.7 Å². The topological polar surface area (TPSA) is 29.1 Å². The summed E-state index contributed by atoms with van der Waals surface area (Å²) in [5.74, 6) is 0.0256. The van der Waals surface area contributed by atoms with E-state index >= 15 is 0 Å². The standard InChI is InChI=1S/C10H11Br2NO/c1-7-2-3-8(6-9(7)12)13-10(14)4-5-11/h2-3,6H,4-5H2,1H3,(H,13,14). The molecule has 0 atom stereocenters. The van der Waals surface area contributed by atoms with Gasteiger partial charge in [-0.15, -0.1) is 0 Å². The van der Waals surface area contributed by atoms with Gasteiger partial charge < -0.3 is 5.32 Å². The van der Waals surface area contributed by atoms with Crippen LogP contribution in [0, 0.1) is 6.92 Å². The zero-order chi connectivity index (χ0) is 10.6. The molecule has 1 aromatic rings. The summed E-state index contributed by atoms with van der Waals surface area (Å²) in [6.07, 6.45) is 0.492. The third-order valence-electron chi connectivity index (χ3n) is 1.78. The highest BCUT2D eigenvalue weighted by molar-refractivity contribution is 9.10. The van der Waals surface area contributed by atoms with Crippen molar-refractivity contribution in [3.8, 4) is 0 Å². The Kier molecular flexibility index (Phi) is 4.62. The molecular formula is C10H11Br2NO. The molecule has 0 radical (unpaired) electrons. The minimum atomic E-state index is 0.0256. The number of hydrogen-bond donors (Lipinski definition) is 1. The van der Waals surface area contributed by atoms with Gasteiger partial charge in [-0.05, 0) is 24.6 Å². The van der Waals surface area contributed by atoms with E-state index in [1.54, 1.807) is 0 Å². The molecule has 1 N–H and O–H groups in total. The van der Waals surface area contributed by atoms with Gasteiger partial charge in [-0.3, -0.25) is 4.79 Å². The molecule has 0 aliphatic rings. The van der Waals surface area contributed by atoms with E-state index in [4.69, 9.17) is 0 Å². The minimum Gasteiger partial charge on any atom is -0.326 e. The first-order chi connectivity index (χ1) is 6.63. The van der Waals surface area contributed by atoms with Crippen molar-refractivity contribution in [1.82, 2.24) is 0 Å². The van der Waals surface area contributed by atoms with Crippen molar-refractivity contribution in [3.63, 3.8) is 0 Å². The van der Waals surface area contributed by atoms with Gasteiger partial charge in [0, 0.05) is 21.9 Å². The highest BCUT2D eigenvalue weighted by Crippen LogP contribution is 2.20. The quantitative estimate of drug-likeness (QED) is 0.849. The number of carbonyl (C=O) groups is 1. The van der Waals surface area contributed by atoms with Gasteiger partial charge in [-0.2, -0.15) is 0 Å². The van der Waals surface area contributed by atoms with Crippen LogP contribution in [0.25, 0.3) is 0 Å². The van der Waals surface area contributed by atoms with Crippen LogP contribution in [0.2, 0.25) is 0 Å². The van der Waals surface area contributed by atoms with Crippen molar-refractivity contribution in [2.45, 2.75) is 13.3 Å². The van der Waals surface area contributed by atoms with Crippen molar-refractivity contribution >= 4 is 43.5 Å². The highest BCUT2D eigenvalue weighted by Gasteiger charge is 2.02. The van der Waals surface area contributed by atoms with Gasteiger partial charge in [-0.1, -0.05) is 37.9 Å². The number of nitrogens with one attached hydrogen (secondary N) is 1. The lowest BCUT2D eigenvalue weighted by Gasteiger charge is -2.05. The molecule has 0 heterocycles. The summed E-state index contributed by atoms with van der Waals surface area (Å²) in [7, 11) is 0. The van der Waals surface area contributed by atoms with Crippen molar-refractivity contribution in [3.05, 3.63) is 28.2 Å². The first-order valence-corrected chi connectivity index (χ1v) is 6.17. The molecule has 0 saturated heterocycles. The van der Waals surface area contributed by atoms with Crippen LogP contribution in [0.5, 0.6) is 0 Å². The molecule has 0 aliphatic heterocycles. The Hall–Kier alpha value is -0.350. The Morgan fingerprint density at radius 3 is 2.79 bits per heavy atom. The second-order valence-corrected chi connectivity index (χ2v) is 4.60. The Balaban J connectivity index is 2.68. The normalized spacial score (nSPS) is 9.93. The summed E-state index contributed by atoms with van der Waals surface area (Å²) in [6.45, 7) is 2.01. The number of hydrogen-bond acceptors (Lipinski definition) is 1. The summed E-state index contributed by atoms with van der Waals surface area (Å²) in [6, 6.07) is 5.77. The van der Waals surface area contributed by atoms with Gasteiger partial charge in [0.2, 0.25) is 5.91 Å². The Bertz CT molecular complexity index is 339. The van der Waals surface area contributed by atoms with Gasteiger partial charge >= 0.3 is 0 Å². The van der Waals surface area contributed by atoms with Gasteiger partial charge in [0.25, 0.3) is 0 Å². The summed E-state index contributed by atoms with van der Waals surface area (Å²) in [4.78, 5) is 11.3. The van der Waals surface area contributed by atoms with Crippen LogP contribution in [-0.4, -0.2) is 11.2 Å². The molecule has 0 fully saturated rings. The predicted octanol–water partition coefficient (Wildman–Crippen LogP) is 3.48. The fraction of sp³-hybridized carbons (Fsp3) is 0.300. The van der Waals surface area contributed by atoms with Gasteiger partial charge in [0.15, 0.2) is 0 Å². The Labute approximate surface area is 100 Å². The predicted molar refractivity (Wildman–Crippen MR) is 65.9 cm³/mol. The fourth-order valence-corrected chi connectivity index (χ4v) is 1.72. The molecule has 0 aliphatic carbocycles. The number of halogens is 2.